The van der Waals surface area contributed by atoms with Crippen LogP contribution in [0.3, 0.4) is 0 Å². The number of nitrogens with one attached hydrogen (secondary N) is 1. The molecular formula is C17H22N2O3. The van der Waals surface area contributed by atoms with Gasteiger partial charge in [-0.25, -0.2) is 0 Å². The van der Waals surface area contributed by atoms with Gasteiger partial charge in [0.25, 0.3) is 0 Å². The summed E-state index contributed by atoms with van der Waals surface area (Å²) in [6.07, 6.45) is 3.26. The maximum absolute atomic E-state index is 11.7. The molecule has 0 aliphatic carbocycles. The summed E-state index contributed by atoms with van der Waals surface area (Å²) in [7, 11) is 0. The van der Waals surface area contributed by atoms with Crippen molar-refractivity contribution in [3.05, 3.63) is 58.0 Å². The van der Waals surface area contributed by atoms with Crippen LogP contribution in [0, 0.1) is 6.92 Å². The van der Waals surface area contributed by atoms with Crippen molar-refractivity contribution in [3.8, 4) is 11.5 Å². The molecule has 0 bridgehead atoms. The number of rotatable bonds is 8. The molecule has 0 radical (unpaired) electrons. The van der Waals surface area contributed by atoms with Gasteiger partial charge in [0.1, 0.15) is 5.75 Å². The van der Waals surface area contributed by atoms with E-state index in [2.05, 4.69) is 4.98 Å². The topological polar surface area (TPSA) is 77.3 Å². The Balaban J connectivity index is 1.67. The van der Waals surface area contributed by atoms with Crippen LogP contribution < -0.4 is 20.6 Å². The first kappa shape index (κ1) is 16.1. The predicted octanol–water partition coefficient (Wildman–Crippen LogP) is 2.38. The molecular weight excluding hydrogens is 280 g/mol. The Hall–Kier alpha value is -2.27. The summed E-state index contributed by atoms with van der Waals surface area (Å²) in [6.45, 7) is 3.46. The Morgan fingerprint density at radius 1 is 1.09 bits per heavy atom. The smallest absolute Gasteiger partial charge is 0.223 e. The van der Waals surface area contributed by atoms with Gasteiger partial charge in [-0.1, -0.05) is 18.2 Å². The number of nitrogens with two attached hydrogens (primary N) is 1. The van der Waals surface area contributed by atoms with Crippen LogP contribution in [0.15, 0.2) is 41.3 Å². The van der Waals surface area contributed by atoms with E-state index >= 15 is 0 Å². The third-order valence-corrected chi connectivity index (χ3v) is 3.30. The zero-order valence-corrected chi connectivity index (χ0v) is 12.8. The third-order valence-electron chi connectivity index (χ3n) is 3.30. The fourth-order valence-electron chi connectivity index (χ4n) is 2.02. The highest BCUT2D eigenvalue weighted by Crippen LogP contribution is 2.16. The summed E-state index contributed by atoms with van der Waals surface area (Å²) < 4.78 is 11.2. The molecule has 5 nitrogen and oxygen atoms in total. The molecule has 0 spiro atoms. The molecule has 0 fully saturated rings. The standard InChI is InChI=1S/C17H22N2O3/c1-13-6-2-3-7-16(13)21-8-4-5-9-22-17-12-19-14(11-18)10-15(17)20/h2-3,6-7,10,12H,4-5,8-9,11,18H2,1H3,(H,19,20). The van der Waals surface area contributed by atoms with Crippen LogP contribution in [0.25, 0.3) is 0 Å². The van der Waals surface area contributed by atoms with Crippen molar-refractivity contribution < 1.29 is 9.47 Å². The quantitative estimate of drug-likeness (QED) is 0.734. The summed E-state index contributed by atoms with van der Waals surface area (Å²) in [5, 5.41) is 0. The van der Waals surface area contributed by atoms with E-state index in [1.807, 2.05) is 31.2 Å². The zero-order valence-electron chi connectivity index (χ0n) is 12.8. The van der Waals surface area contributed by atoms with Gasteiger partial charge in [0.2, 0.25) is 5.43 Å². The average Bonchev–Trinajstić information content (AvgIpc) is 2.53. The van der Waals surface area contributed by atoms with Gasteiger partial charge in [0.15, 0.2) is 5.75 Å². The number of benzene rings is 1. The highest BCUT2D eigenvalue weighted by molar-refractivity contribution is 5.31. The van der Waals surface area contributed by atoms with Gasteiger partial charge in [0.05, 0.1) is 13.2 Å². The number of pyridine rings is 1. The SMILES string of the molecule is Cc1ccccc1OCCCCOc1c[nH]c(CN)cc1=O. The third kappa shape index (κ3) is 4.63. The largest absolute Gasteiger partial charge is 0.493 e. The number of hydrogen-bond donors (Lipinski definition) is 2. The van der Waals surface area contributed by atoms with E-state index < -0.39 is 0 Å². The lowest BCUT2D eigenvalue weighted by molar-refractivity contribution is 0.264. The fraction of sp³-hybridized carbons (Fsp3) is 0.353. The van der Waals surface area contributed by atoms with Crippen molar-refractivity contribution in [2.24, 2.45) is 5.73 Å². The van der Waals surface area contributed by atoms with Crippen LogP contribution in [0.2, 0.25) is 0 Å². The molecule has 2 aromatic rings. The van der Waals surface area contributed by atoms with E-state index in [1.54, 1.807) is 6.20 Å². The van der Waals surface area contributed by atoms with Crippen molar-refractivity contribution in [3.63, 3.8) is 0 Å². The summed E-state index contributed by atoms with van der Waals surface area (Å²) in [6, 6.07) is 9.41. The van der Waals surface area contributed by atoms with Crippen molar-refractivity contribution in [1.82, 2.24) is 4.98 Å². The van der Waals surface area contributed by atoms with E-state index in [9.17, 15) is 4.79 Å². The van der Waals surface area contributed by atoms with Crippen LogP contribution in [-0.4, -0.2) is 18.2 Å². The van der Waals surface area contributed by atoms with Gasteiger partial charge in [-0.05, 0) is 31.4 Å². The van der Waals surface area contributed by atoms with Gasteiger partial charge in [-0.15, -0.1) is 0 Å². The number of para-hydroxylation sites is 1. The molecule has 22 heavy (non-hydrogen) atoms. The molecule has 0 aliphatic rings. The first-order valence-electron chi connectivity index (χ1n) is 7.43. The fourth-order valence-corrected chi connectivity index (χ4v) is 2.02. The van der Waals surface area contributed by atoms with E-state index in [0.29, 0.717) is 31.2 Å². The number of ether oxygens (including phenoxy) is 2. The number of unbranched alkanes of at least 4 members (excludes halogenated alkanes) is 1. The van der Waals surface area contributed by atoms with Crippen LogP contribution in [0.4, 0.5) is 0 Å². The molecule has 0 unspecified atom stereocenters. The van der Waals surface area contributed by atoms with Crippen molar-refractivity contribution >= 4 is 0 Å². The van der Waals surface area contributed by atoms with Crippen molar-refractivity contribution in [1.29, 1.82) is 0 Å². The Bertz CT molecular complexity index is 652. The molecule has 0 saturated carbocycles. The lowest BCUT2D eigenvalue weighted by Crippen LogP contribution is -2.12. The Kier molecular flexibility index (Phi) is 6.03. The molecule has 3 N–H and O–H groups in total. The van der Waals surface area contributed by atoms with Gasteiger partial charge in [0, 0.05) is 24.5 Å². The van der Waals surface area contributed by atoms with Crippen LogP contribution in [0.1, 0.15) is 24.1 Å². The van der Waals surface area contributed by atoms with Crippen molar-refractivity contribution in [2.75, 3.05) is 13.2 Å². The second kappa shape index (κ2) is 8.24. The Labute approximate surface area is 130 Å². The second-order valence-electron chi connectivity index (χ2n) is 5.06. The number of aromatic nitrogens is 1. The molecule has 0 atom stereocenters. The minimum absolute atomic E-state index is 0.143. The van der Waals surface area contributed by atoms with E-state index in [0.717, 1.165) is 24.2 Å². The second-order valence-corrected chi connectivity index (χ2v) is 5.06. The monoisotopic (exact) mass is 302 g/mol. The zero-order chi connectivity index (χ0) is 15.8. The summed E-state index contributed by atoms with van der Waals surface area (Å²) in [5.74, 6) is 1.24. The van der Waals surface area contributed by atoms with Crippen LogP contribution in [0.5, 0.6) is 11.5 Å². The summed E-state index contributed by atoms with van der Waals surface area (Å²) >= 11 is 0. The van der Waals surface area contributed by atoms with E-state index in [-0.39, 0.29) is 5.43 Å². The normalized spacial score (nSPS) is 10.5. The average molecular weight is 302 g/mol. The van der Waals surface area contributed by atoms with E-state index in [4.69, 9.17) is 15.2 Å². The Morgan fingerprint density at radius 2 is 1.77 bits per heavy atom. The number of hydrogen-bond acceptors (Lipinski definition) is 4. The number of H-pyrrole nitrogens is 1. The highest BCUT2D eigenvalue weighted by atomic mass is 16.5. The molecule has 0 saturated heterocycles. The molecule has 1 aromatic carbocycles. The molecule has 5 heteroatoms. The summed E-state index contributed by atoms with van der Waals surface area (Å²) in [5.41, 5.74) is 7.14. The lowest BCUT2D eigenvalue weighted by Gasteiger charge is -2.09. The van der Waals surface area contributed by atoms with Gasteiger partial charge >= 0.3 is 0 Å². The molecule has 118 valence electrons. The van der Waals surface area contributed by atoms with Gasteiger partial charge in [-0.3, -0.25) is 4.79 Å². The molecule has 2 rings (SSSR count). The Morgan fingerprint density at radius 3 is 2.41 bits per heavy atom. The molecule has 0 aliphatic heterocycles. The minimum atomic E-state index is -0.143. The summed E-state index contributed by atoms with van der Waals surface area (Å²) in [4.78, 5) is 14.6. The van der Waals surface area contributed by atoms with Gasteiger partial charge < -0.3 is 20.2 Å². The highest BCUT2D eigenvalue weighted by Gasteiger charge is 2.02. The lowest BCUT2D eigenvalue weighted by atomic mass is 10.2. The molecule has 1 aromatic heterocycles. The van der Waals surface area contributed by atoms with E-state index in [1.165, 1.54) is 6.07 Å². The van der Waals surface area contributed by atoms with Crippen LogP contribution in [-0.2, 0) is 6.54 Å². The molecule has 1 heterocycles. The first-order chi connectivity index (χ1) is 10.7. The molecule has 0 amide bonds. The minimum Gasteiger partial charge on any atom is -0.493 e. The first-order valence-corrected chi connectivity index (χ1v) is 7.43. The maximum Gasteiger partial charge on any atom is 0.223 e. The number of aryl methyl sites for hydroxylation is 1. The van der Waals surface area contributed by atoms with Crippen molar-refractivity contribution in [2.45, 2.75) is 26.3 Å². The predicted molar refractivity (Wildman–Crippen MR) is 86.4 cm³/mol. The number of aromatic amines is 1. The maximum atomic E-state index is 11.7. The van der Waals surface area contributed by atoms with Gasteiger partial charge in [-0.2, -0.15) is 0 Å². The van der Waals surface area contributed by atoms with Crippen LogP contribution >= 0.6 is 0 Å².